The van der Waals surface area contributed by atoms with Crippen molar-refractivity contribution < 1.29 is 17.7 Å². The van der Waals surface area contributed by atoms with Crippen LogP contribution in [0, 0.1) is 6.92 Å². The molecule has 7 heteroatoms. The predicted molar refractivity (Wildman–Crippen MR) is 73.4 cm³/mol. The Morgan fingerprint density at radius 3 is 2.45 bits per heavy atom. The van der Waals surface area contributed by atoms with Crippen LogP contribution < -0.4 is 5.32 Å². The van der Waals surface area contributed by atoms with E-state index < -0.39 is 9.84 Å². The topological polar surface area (TPSA) is 89.3 Å². The smallest absolute Gasteiger partial charge is 0.258 e. The number of anilines is 1. The number of nitrogens with one attached hydrogen (secondary N) is 1. The normalized spacial score (nSPS) is 11.3. The summed E-state index contributed by atoms with van der Waals surface area (Å²) in [4.78, 5) is 12.1. The maximum Gasteiger partial charge on any atom is 0.258 e. The third kappa shape index (κ3) is 3.05. The van der Waals surface area contributed by atoms with Crippen molar-refractivity contribution in [2.24, 2.45) is 0 Å². The molecule has 0 atom stereocenters. The van der Waals surface area contributed by atoms with Gasteiger partial charge in [0.25, 0.3) is 5.91 Å². The maximum atomic E-state index is 11.9. The van der Waals surface area contributed by atoms with Crippen LogP contribution in [0.15, 0.2) is 39.8 Å². The molecule has 0 aliphatic heterocycles. The molecule has 1 aromatic carbocycles. The van der Waals surface area contributed by atoms with E-state index in [1.807, 2.05) is 0 Å². The fourth-order valence-corrected chi connectivity index (χ4v) is 2.47. The third-order valence-corrected chi connectivity index (χ3v) is 4.47. The number of hydrogen-bond acceptors (Lipinski definition) is 5. The van der Waals surface area contributed by atoms with Crippen LogP contribution >= 0.6 is 0 Å². The fraction of sp³-hybridized carbons (Fsp3) is 0.231. The highest BCUT2D eigenvalue weighted by atomic mass is 32.2. The SMILES string of the molecule is CCS(=O)(=O)c1ccc(C(=O)Nc2cc(C)no2)cc1. The van der Waals surface area contributed by atoms with E-state index in [2.05, 4.69) is 10.5 Å². The summed E-state index contributed by atoms with van der Waals surface area (Å²) in [7, 11) is -3.26. The number of nitrogens with zero attached hydrogens (tertiary/aromatic N) is 1. The van der Waals surface area contributed by atoms with Crippen molar-refractivity contribution in [2.45, 2.75) is 18.7 Å². The largest absolute Gasteiger partial charge is 0.338 e. The van der Waals surface area contributed by atoms with Gasteiger partial charge in [0.05, 0.1) is 16.3 Å². The molecule has 1 amide bonds. The average Bonchev–Trinajstić information content (AvgIpc) is 2.84. The van der Waals surface area contributed by atoms with Crippen LogP contribution in [0.4, 0.5) is 5.88 Å². The lowest BCUT2D eigenvalue weighted by atomic mass is 10.2. The van der Waals surface area contributed by atoms with Gasteiger partial charge in [0.2, 0.25) is 5.88 Å². The third-order valence-electron chi connectivity index (χ3n) is 2.72. The van der Waals surface area contributed by atoms with Crippen LogP contribution in [0.3, 0.4) is 0 Å². The molecular formula is C13H14N2O4S. The summed E-state index contributed by atoms with van der Waals surface area (Å²) >= 11 is 0. The number of aryl methyl sites for hydroxylation is 1. The highest BCUT2D eigenvalue weighted by Gasteiger charge is 2.13. The molecule has 0 aliphatic rings. The van der Waals surface area contributed by atoms with E-state index in [0.717, 1.165) is 0 Å². The highest BCUT2D eigenvalue weighted by Crippen LogP contribution is 2.14. The lowest BCUT2D eigenvalue weighted by Crippen LogP contribution is -2.12. The van der Waals surface area contributed by atoms with E-state index in [1.54, 1.807) is 19.9 Å². The van der Waals surface area contributed by atoms with Crippen molar-refractivity contribution in [3.8, 4) is 0 Å². The van der Waals surface area contributed by atoms with Crippen LogP contribution in [-0.2, 0) is 9.84 Å². The zero-order valence-corrected chi connectivity index (χ0v) is 11.9. The van der Waals surface area contributed by atoms with E-state index in [-0.39, 0.29) is 22.4 Å². The van der Waals surface area contributed by atoms with Gasteiger partial charge >= 0.3 is 0 Å². The minimum absolute atomic E-state index is 0.0237. The van der Waals surface area contributed by atoms with E-state index in [4.69, 9.17) is 4.52 Å². The number of rotatable bonds is 4. The quantitative estimate of drug-likeness (QED) is 0.932. The van der Waals surface area contributed by atoms with Crippen molar-refractivity contribution in [3.63, 3.8) is 0 Å². The van der Waals surface area contributed by atoms with Crippen LogP contribution in [0.1, 0.15) is 23.0 Å². The molecule has 0 saturated carbocycles. The van der Waals surface area contributed by atoms with Gasteiger partial charge in [-0.3, -0.25) is 10.1 Å². The summed E-state index contributed by atoms with van der Waals surface area (Å²) < 4.78 is 28.2. The van der Waals surface area contributed by atoms with Crippen LogP contribution in [-0.4, -0.2) is 25.2 Å². The molecule has 2 rings (SSSR count). The molecule has 1 N–H and O–H groups in total. The Bertz CT molecular complexity index is 717. The summed E-state index contributed by atoms with van der Waals surface area (Å²) in [5.41, 5.74) is 0.999. The van der Waals surface area contributed by atoms with Gasteiger partial charge in [0, 0.05) is 11.6 Å². The molecule has 106 valence electrons. The fourth-order valence-electron chi connectivity index (χ4n) is 1.59. The number of aromatic nitrogens is 1. The molecule has 1 aromatic heterocycles. The first-order valence-corrected chi connectivity index (χ1v) is 7.65. The molecule has 0 spiro atoms. The van der Waals surface area contributed by atoms with Crippen molar-refractivity contribution in [1.82, 2.24) is 5.16 Å². The number of carbonyl (C=O) groups excluding carboxylic acids is 1. The molecule has 6 nitrogen and oxygen atoms in total. The lowest BCUT2D eigenvalue weighted by Gasteiger charge is -2.04. The number of amides is 1. The zero-order chi connectivity index (χ0) is 14.8. The van der Waals surface area contributed by atoms with Gasteiger partial charge in [-0.1, -0.05) is 12.1 Å². The molecule has 0 radical (unpaired) electrons. The second-order valence-corrected chi connectivity index (χ2v) is 6.49. The number of carbonyl (C=O) groups is 1. The first-order chi connectivity index (χ1) is 9.42. The zero-order valence-electron chi connectivity index (χ0n) is 11.1. The molecule has 1 heterocycles. The monoisotopic (exact) mass is 294 g/mol. The molecule has 2 aromatic rings. The van der Waals surface area contributed by atoms with Gasteiger partial charge in [0.15, 0.2) is 9.84 Å². The van der Waals surface area contributed by atoms with E-state index in [0.29, 0.717) is 11.3 Å². The second kappa shape index (κ2) is 5.46. The number of benzene rings is 1. The summed E-state index contributed by atoms with van der Waals surface area (Å²) in [6.45, 7) is 3.31. The Morgan fingerprint density at radius 1 is 1.30 bits per heavy atom. The van der Waals surface area contributed by atoms with Gasteiger partial charge < -0.3 is 4.52 Å². The Morgan fingerprint density at radius 2 is 1.95 bits per heavy atom. The molecule has 0 fully saturated rings. The molecule has 0 unspecified atom stereocenters. The molecule has 0 aliphatic carbocycles. The Balaban J connectivity index is 2.16. The van der Waals surface area contributed by atoms with Crippen LogP contribution in [0.25, 0.3) is 0 Å². The standard InChI is InChI=1S/C13H14N2O4S/c1-3-20(17,18)11-6-4-10(5-7-11)13(16)14-12-8-9(2)15-19-12/h4-8H,3H2,1-2H3,(H,14,16). The lowest BCUT2D eigenvalue weighted by molar-refractivity contribution is 0.102. The van der Waals surface area contributed by atoms with Crippen LogP contribution in [0.2, 0.25) is 0 Å². The van der Waals surface area contributed by atoms with Crippen molar-refractivity contribution in [3.05, 3.63) is 41.6 Å². The first kappa shape index (κ1) is 14.3. The van der Waals surface area contributed by atoms with E-state index in [9.17, 15) is 13.2 Å². The van der Waals surface area contributed by atoms with Crippen molar-refractivity contribution in [1.29, 1.82) is 0 Å². The second-order valence-electron chi connectivity index (χ2n) is 4.21. The minimum Gasteiger partial charge on any atom is -0.338 e. The summed E-state index contributed by atoms with van der Waals surface area (Å²) in [5, 5.41) is 6.19. The highest BCUT2D eigenvalue weighted by molar-refractivity contribution is 7.91. The Labute approximate surface area is 116 Å². The Kier molecular flexibility index (Phi) is 3.89. The first-order valence-electron chi connectivity index (χ1n) is 6.00. The average molecular weight is 294 g/mol. The number of hydrogen-bond donors (Lipinski definition) is 1. The van der Waals surface area contributed by atoms with Crippen molar-refractivity contribution in [2.75, 3.05) is 11.1 Å². The molecule has 20 heavy (non-hydrogen) atoms. The van der Waals surface area contributed by atoms with Gasteiger partial charge in [0.1, 0.15) is 0 Å². The minimum atomic E-state index is -3.26. The maximum absolute atomic E-state index is 11.9. The predicted octanol–water partition coefficient (Wildman–Crippen LogP) is 2.03. The van der Waals surface area contributed by atoms with Gasteiger partial charge in [-0.15, -0.1) is 0 Å². The van der Waals surface area contributed by atoms with E-state index in [1.165, 1.54) is 24.3 Å². The summed E-state index contributed by atoms with van der Waals surface area (Å²) in [5.74, 6) is -0.116. The molecule has 0 saturated heterocycles. The molecule has 0 bridgehead atoms. The van der Waals surface area contributed by atoms with Gasteiger partial charge in [-0.25, -0.2) is 8.42 Å². The van der Waals surface area contributed by atoms with Gasteiger partial charge in [-0.2, -0.15) is 0 Å². The van der Waals surface area contributed by atoms with Crippen LogP contribution in [0.5, 0.6) is 0 Å². The van der Waals surface area contributed by atoms with Crippen molar-refractivity contribution >= 4 is 21.6 Å². The molecular weight excluding hydrogens is 280 g/mol. The Hall–Kier alpha value is -2.15. The van der Waals surface area contributed by atoms with E-state index >= 15 is 0 Å². The number of sulfone groups is 1. The summed E-state index contributed by atoms with van der Waals surface area (Å²) in [6, 6.07) is 7.34. The van der Waals surface area contributed by atoms with Gasteiger partial charge in [-0.05, 0) is 31.2 Å². The summed E-state index contributed by atoms with van der Waals surface area (Å²) in [6.07, 6.45) is 0.